The fourth-order valence-electron chi connectivity index (χ4n) is 6.34. The Morgan fingerprint density at radius 3 is 2.35 bits per heavy atom. The van der Waals surface area contributed by atoms with Crippen LogP contribution in [0.25, 0.3) is 0 Å². The molecule has 2 atom stereocenters. The smallest absolute Gasteiger partial charge is 0.255 e. The average Bonchev–Trinajstić information content (AvgIpc) is 3.07. The van der Waals surface area contributed by atoms with Crippen molar-refractivity contribution in [2.24, 2.45) is 0 Å². The van der Waals surface area contributed by atoms with E-state index in [1.165, 1.54) is 7.11 Å². The van der Waals surface area contributed by atoms with E-state index >= 15 is 0 Å². The number of aromatic nitrogens is 1. The van der Waals surface area contributed by atoms with Crippen molar-refractivity contribution in [1.29, 1.82) is 0 Å². The number of nitrogens with zero attached hydrogens (tertiary/aromatic N) is 1. The van der Waals surface area contributed by atoms with Gasteiger partial charge in [0.25, 0.3) is 5.91 Å². The van der Waals surface area contributed by atoms with Gasteiger partial charge in [0.05, 0.1) is 7.11 Å². The minimum Gasteiger partial charge on any atom is -0.496 e. The number of dihydropyridines is 1. The minimum atomic E-state index is -1.68. The first-order chi connectivity index (χ1) is 23.0. The molecule has 1 aliphatic carbocycles. The number of aryl methyl sites for hydroxylation is 1. The van der Waals surface area contributed by atoms with Crippen LogP contribution in [0.3, 0.4) is 0 Å². The molecule has 1 aliphatic heterocycles. The number of ketones is 1. The summed E-state index contributed by atoms with van der Waals surface area (Å²) in [6.07, 6.45) is 2.30. The highest BCUT2D eigenvalue weighted by atomic mass is 19.2. The third-order valence-corrected chi connectivity index (χ3v) is 8.58. The maximum atomic E-state index is 14.4. The molecule has 0 spiro atoms. The van der Waals surface area contributed by atoms with E-state index in [1.807, 2.05) is 37.3 Å². The molecule has 0 saturated carbocycles. The third-order valence-electron chi connectivity index (χ3n) is 8.58. The summed E-state index contributed by atoms with van der Waals surface area (Å²) in [5.74, 6) is -8.81. The fourth-order valence-corrected chi connectivity index (χ4v) is 6.34. The normalized spacial score (nSPS) is 17.5. The first-order valence-corrected chi connectivity index (χ1v) is 15.2. The number of ether oxygens (including phenoxy) is 2. The van der Waals surface area contributed by atoms with Gasteiger partial charge in [-0.2, -0.15) is 8.78 Å². The molecule has 11 heteroatoms. The SMILES string of the molecule is COc1ccc(C2C(C(=O)Nc3cc(C)ccn3)=C(C)NC3=C2C(=O)CC(c2ccccc2)C3)cc1COc1c(F)c(F)cc(F)c1F. The Hall–Kier alpha value is -5.45. The molecule has 48 heavy (non-hydrogen) atoms. The summed E-state index contributed by atoms with van der Waals surface area (Å²) < 4.78 is 67.3. The lowest BCUT2D eigenvalue weighted by Gasteiger charge is -2.37. The summed E-state index contributed by atoms with van der Waals surface area (Å²) in [6, 6.07) is 18.2. The van der Waals surface area contributed by atoms with E-state index in [-0.39, 0.29) is 41.1 Å². The number of rotatable bonds is 8. The summed E-state index contributed by atoms with van der Waals surface area (Å²) in [5.41, 5.74) is 4.53. The van der Waals surface area contributed by atoms with Crippen LogP contribution in [0.15, 0.2) is 95.5 Å². The second kappa shape index (κ2) is 13.3. The molecule has 0 radical (unpaired) electrons. The van der Waals surface area contributed by atoms with Gasteiger partial charge in [0.1, 0.15) is 18.2 Å². The van der Waals surface area contributed by atoms with Crippen LogP contribution in [0.1, 0.15) is 53.9 Å². The van der Waals surface area contributed by atoms with Crippen LogP contribution in [-0.2, 0) is 16.2 Å². The Labute approximate surface area is 274 Å². The Kier molecular flexibility index (Phi) is 9.03. The van der Waals surface area contributed by atoms with E-state index < -0.39 is 47.5 Å². The van der Waals surface area contributed by atoms with Crippen molar-refractivity contribution in [3.8, 4) is 11.5 Å². The van der Waals surface area contributed by atoms with Crippen LogP contribution in [0, 0.1) is 30.2 Å². The molecule has 0 bridgehead atoms. The van der Waals surface area contributed by atoms with Crippen molar-refractivity contribution in [2.45, 2.75) is 45.1 Å². The summed E-state index contributed by atoms with van der Waals surface area (Å²) in [5, 5.41) is 6.19. The number of methoxy groups -OCH3 is 1. The predicted molar refractivity (Wildman–Crippen MR) is 170 cm³/mol. The van der Waals surface area contributed by atoms with E-state index in [4.69, 9.17) is 9.47 Å². The molecule has 1 amide bonds. The van der Waals surface area contributed by atoms with Crippen molar-refractivity contribution in [1.82, 2.24) is 10.3 Å². The maximum Gasteiger partial charge on any atom is 0.255 e. The first-order valence-electron chi connectivity index (χ1n) is 15.2. The van der Waals surface area contributed by atoms with E-state index in [0.29, 0.717) is 34.8 Å². The van der Waals surface area contributed by atoms with Crippen molar-refractivity contribution in [2.75, 3.05) is 12.4 Å². The number of Topliss-reactive ketones (excluding diaryl/α,β-unsaturated/α-hetero) is 1. The number of carbonyl (C=O) groups excluding carboxylic acids is 2. The van der Waals surface area contributed by atoms with Gasteiger partial charge in [-0.05, 0) is 67.1 Å². The number of halogens is 4. The van der Waals surface area contributed by atoms with Gasteiger partial charge in [-0.25, -0.2) is 13.8 Å². The maximum absolute atomic E-state index is 14.4. The second-order valence-electron chi connectivity index (χ2n) is 11.8. The molecule has 246 valence electrons. The van der Waals surface area contributed by atoms with E-state index in [0.717, 1.165) is 11.1 Å². The molecule has 2 heterocycles. The first kappa shape index (κ1) is 32.5. The molecule has 0 fully saturated rings. The lowest BCUT2D eigenvalue weighted by atomic mass is 9.71. The zero-order valence-corrected chi connectivity index (χ0v) is 26.3. The highest BCUT2D eigenvalue weighted by Crippen LogP contribution is 2.46. The lowest BCUT2D eigenvalue weighted by molar-refractivity contribution is -0.116. The number of amides is 1. The molecule has 6 rings (SSSR count). The molecule has 2 unspecified atom stereocenters. The lowest BCUT2D eigenvalue weighted by Crippen LogP contribution is -2.37. The van der Waals surface area contributed by atoms with E-state index in [9.17, 15) is 27.2 Å². The van der Waals surface area contributed by atoms with Gasteiger partial charge in [0.2, 0.25) is 11.6 Å². The Morgan fingerprint density at radius 1 is 0.938 bits per heavy atom. The van der Waals surface area contributed by atoms with Crippen molar-refractivity contribution < 1.29 is 36.6 Å². The zero-order chi connectivity index (χ0) is 34.1. The fraction of sp³-hybridized carbons (Fsp3) is 0.216. The number of hydrogen-bond donors (Lipinski definition) is 2. The van der Waals surface area contributed by atoms with Crippen LogP contribution in [0.5, 0.6) is 11.5 Å². The number of hydrogen-bond acceptors (Lipinski definition) is 6. The molecule has 2 aliphatic rings. The van der Waals surface area contributed by atoms with Crippen LogP contribution in [0.4, 0.5) is 23.4 Å². The quantitative estimate of drug-likeness (QED) is 0.150. The number of benzene rings is 3. The Morgan fingerprint density at radius 2 is 1.67 bits per heavy atom. The second-order valence-corrected chi connectivity index (χ2v) is 11.8. The number of nitrogens with one attached hydrogen (secondary N) is 2. The summed E-state index contributed by atoms with van der Waals surface area (Å²) in [6.45, 7) is 3.07. The highest BCUT2D eigenvalue weighted by Gasteiger charge is 2.41. The molecular formula is C37H31F4N3O4. The van der Waals surface area contributed by atoms with Gasteiger partial charge >= 0.3 is 0 Å². The molecule has 2 N–H and O–H groups in total. The van der Waals surface area contributed by atoms with Crippen LogP contribution in [0.2, 0.25) is 0 Å². The van der Waals surface area contributed by atoms with E-state index in [2.05, 4.69) is 15.6 Å². The van der Waals surface area contributed by atoms with Gasteiger partial charge in [-0.15, -0.1) is 0 Å². The van der Waals surface area contributed by atoms with Crippen LogP contribution in [-0.4, -0.2) is 23.8 Å². The zero-order valence-electron chi connectivity index (χ0n) is 26.3. The number of carbonyl (C=O) groups is 2. The summed E-state index contributed by atoms with van der Waals surface area (Å²) >= 11 is 0. The largest absolute Gasteiger partial charge is 0.496 e. The van der Waals surface area contributed by atoms with Gasteiger partial charge in [0, 0.05) is 52.7 Å². The van der Waals surface area contributed by atoms with Crippen molar-refractivity contribution in [3.63, 3.8) is 0 Å². The third kappa shape index (κ3) is 6.27. The highest BCUT2D eigenvalue weighted by molar-refractivity contribution is 6.09. The van der Waals surface area contributed by atoms with Crippen LogP contribution >= 0.6 is 0 Å². The van der Waals surface area contributed by atoms with Gasteiger partial charge in [-0.1, -0.05) is 36.4 Å². The van der Waals surface area contributed by atoms with Gasteiger partial charge in [-0.3, -0.25) is 9.59 Å². The average molecular weight is 658 g/mol. The van der Waals surface area contributed by atoms with Gasteiger partial charge < -0.3 is 20.1 Å². The summed E-state index contributed by atoms with van der Waals surface area (Å²) in [4.78, 5) is 32.3. The van der Waals surface area contributed by atoms with Gasteiger partial charge in [0.15, 0.2) is 23.2 Å². The van der Waals surface area contributed by atoms with Crippen LogP contribution < -0.4 is 20.1 Å². The molecular weight excluding hydrogens is 626 g/mol. The van der Waals surface area contributed by atoms with Crippen molar-refractivity contribution >= 4 is 17.5 Å². The summed E-state index contributed by atoms with van der Waals surface area (Å²) in [7, 11) is 1.37. The standard InChI is InChI=1S/C37H31F4N3O4/c1-19-11-12-42-30(13-19)44-37(46)31-20(2)43-27-15-23(21-7-5-4-6-8-21)16-28(45)33(27)32(31)22-9-10-29(47-3)24(14-22)18-48-36-34(40)25(38)17-26(39)35(36)41/h4-14,17,23,32,43H,15-16,18H2,1-3H3,(H,42,44,46). The Balaban J connectivity index is 1.43. The number of allylic oxidation sites excluding steroid dienone is 3. The number of pyridine rings is 1. The molecule has 3 aromatic carbocycles. The predicted octanol–water partition coefficient (Wildman–Crippen LogP) is 7.53. The minimum absolute atomic E-state index is 0.0819. The molecule has 0 saturated heterocycles. The Bertz CT molecular complexity index is 1970. The molecule has 1 aromatic heterocycles. The van der Waals surface area contributed by atoms with E-state index in [1.54, 1.807) is 43.5 Å². The molecule has 4 aromatic rings. The monoisotopic (exact) mass is 657 g/mol. The molecule has 7 nitrogen and oxygen atoms in total. The van der Waals surface area contributed by atoms with Crippen molar-refractivity contribution in [3.05, 3.63) is 141 Å². The topological polar surface area (TPSA) is 89.5 Å². The number of anilines is 1.